The summed E-state index contributed by atoms with van der Waals surface area (Å²) in [5, 5.41) is 9.28. The fourth-order valence-electron chi connectivity index (χ4n) is 3.24. The predicted octanol–water partition coefficient (Wildman–Crippen LogP) is 0.666. The van der Waals surface area contributed by atoms with Crippen LogP contribution in [-0.2, 0) is 10.2 Å². The van der Waals surface area contributed by atoms with Gasteiger partial charge in [-0.2, -0.15) is 17.0 Å². The van der Waals surface area contributed by atoms with E-state index in [2.05, 4.69) is 13.8 Å². The molecule has 0 saturated carbocycles. The van der Waals surface area contributed by atoms with Crippen LogP contribution in [0.5, 0.6) is 0 Å². The van der Waals surface area contributed by atoms with Crippen molar-refractivity contribution < 1.29 is 13.5 Å². The smallest absolute Gasteiger partial charge is 0.282 e. The van der Waals surface area contributed by atoms with Gasteiger partial charge in [0.2, 0.25) is 0 Å². The lowest BCUT2D eigenvalue weighted by atomic mass is 9.94. The Kier molecular flexibility index (Phi) is 4.31. The van der Waals surface area contributed by atoms with E-state index >= 15 is 0 Å². The predicted molar refractivity (Wildman–Crippen MR) is 70.3 cm³/mol. The molecule has 0 radical (unpaired) electrons. The molecule has 2 aliphatic heterocycles. The summed E-state index contributed by atoms with van der Waals surface area (Å²) < 4.78 is 28.3. The summed E-state index contributed by atoms with van der Waals surface area (Å²) >= 11 is 0. The van der Waals surface area contributed by atoms with Crippen LogP contribution in [0.25, 0.3) is 0 Å². The first kappa shape index (κ1) is 14.2. The molecular formula is C12H24N2O3S. The standard InChI is InChI=1S/C12H24N2O3S/c1-10-6-11(2)8-13(7-10)18(16,17)14-5-3-4-12(14)9-15/h10-12,15H,3-9H2,1-2H3/t10?,11?,12-/m1/s1. The van der Waals surface area contributed by atoms with Gasteiger partial charge in [-0.3, -0.25) is 0 Å². The molecule has 3 atom stereocenters. The highest BCUT2D eigenvalue weighted by atomic mass is 32.2. The van der Waals surface area contributed by atoms with Crippen molar-refractivity contribution >= 4 is 10.2 Å². The Morgan fingerprint density at radius 1 is 1.22 bits per heavy atom. The van der Waals surface area contributed by atoms with Crippen molar-refractivity contribution in [2.75, 3.05) is 26.2 Å². The van der Waals surface area contributed by atoms with E-state index in [0.29, 0.717) is 31.5 Å². The lowest BCUT2D eigenvalue weighted by Crippen LogP contribution is -2.51. The van der Waals surface area contributed by atoms with Crippen molar-refractivity contribution in [3.63, 3.8) is 0 Å². The van der Waals surface area contributed by atoms with Crippen molar-refractivity contribution in [1.82, 2.24) is 8.61 Å². The van der Waals surface area contributed by atoms with Gasteiger partial charge in [0.15, 0.2) is 0 Å². The topological polar surface area (TPSA) is 60.9 Å². The van der Waals surface area contributed by atoms with E-state index in [1.165, 1.54) is 4.31 Å². The monoisotopic (exact) mass is 276 g/mol. The van der Waals surface area contributed by atoms with Crippen LogP contribution in [-0.4, -0.2) is 54.4 Å². The molecule has 2 rings (SSSR count). The zero-order valence-electron chi connectivity index (χ0n) is 11.2. The van der Waals surface area contributed by atoms with Crippen molar-refractivity contribution in [1.29, 1.82) is 0 Å². The Balaban J connectivity index is 2.15. The van der Waals surface area contributed by atoms with Gasteiger partial charge >= 0.3 is 0 Å². The third-order valence-electron chi connectivity index (χ3n) is 3.99. The van der Waals surface area contributed by atoms with Gasteiger partial charge in [-0.15, -0.1) is 0 Å². The molecule has 0 spiro atoms. The Morgan fingerprint density at radius 2 is 1.83 bits per heavy atom. The number of piperidine rings is 1. The highest BCUT2D eigenvalue weighted by Gasteiger charge is 2.40. The summed E-state index contributed by atoms with van der Waals surface area (Å²) in [5.74, 6) is 0.831. The number of hydrogen-bond acceptors (Lipinski definition) is 3. The molecule has 18 heavy (non-hydrogen) atoms. The van der Waals surface area contributed by atoms with Crippen LogP contribution in [0.15, 0.2) is 0 Å². The maximum absolute atomic E-state index is 12.6. The lowest BCUT2D eigenvalue weighted by Gasteiger charge is -2.37. The molecule has 0 aliphatic carbocycles. The molecule has 2 saturated heterocycles. The molecule has 6 heteroatoms. The Hall–Kier alpha value is -0.170. The first-order chi connectivity index (χ1) is 8.45. The number of nitrogens with zero attached hydrogens (tertiary/aromatic N) is 2. The van der Waals surface area contributed by atoms with E-state index in [0.717, 1.165) is 19.3 Å². The summed E-state index contributed by atoms with van der Waals surface area (Å²) in [5.41, 5.74) is 0. The van der Waals surface area contributed by atoms with Gasteiger partial charge in [-0.05, 0) is 31.1 Å². The molecule has 106 valence electrons. The summed E-state index contributed by atoms with van der Waals surface area (Å²) in [6, 6.07) is -0.220. The van der Waals surface area contributed by atoms with Gasteiger partial charge in [0.25, 0.3) is 10.2 Å². The second kappa shape index (κ2) is 5.45. The molecule has 0 amide bonds. The number of aliphatic hydroxyl groups excluding tert-OH is 1. The summed E-state index contributed by atoms with van der Waals surface area (Å²) in [6.45, 7) is 5.91. The van der Waals surface area contributed by atoms with Gasteiger partial charge < -0.3 is 5.11 Å². The van der Waals surface area contributed by atoms with Gasteiger partial charge in [0.1, 0.15) is 0 Å². The van der Waals surface area contributed by atoms with Gasteiger partial charge in [-0.25, -0.2) is 0 Å². The largest absolute Gasteiger partial charge is 0.395 e. The maximum Gasteiger partial charge on any atom is 0.282 e. The second-order valence-corrected chi connectivity index (χ2v) is 7.74. The van der Waals surface area contributed by atoms with E-state index in [1.807, 2.05) is 0 Å². The minimum absolute atomic E-state index is 0.0713. The van der Waals surface area contributed by atoms with Gasteiger partial charge in [0.05, 0.1) is 6.61 Å². The van der Waals surface area contributed by atoms with Gasteiger partial charge in [-0.1, -0.05) is 13.8 Å². The molecule has 0 bridgehead atoms. The molecule has 2 aliphatic rings. The van der Waals surface area contributed by atoms with Crippen LogP contribution in [0.2, 0.25) is 0 Å². The second-order valence-electron chi connectivity index (χ2n) is 5.86. The van der Waals surface area contributed by atoms with Crippen molar-refractivity contribution in [2.45, 2.75) is 39.2 Å². The highest BCUT2D eigenvalue weighted by Crippen LogP contribution is 2.28. The van der Waals surface area contributed by atoms with E-state index in [9.17, 15) is 13.5 Å². The lowest BCUT2D eigenvalue weighted by molar-refractivity contribution is 0.183. The van der Waals surface area contributed by atoms with Crippen LogP contribution in [0, 0.1) is 11.8 Å². The third-order valence-corrected chi connectivity index (χ3v) is 6.02. The van der Waals surface area contributed by atoms with E-state index in [-0.39, 0.29) is 12.6 Å². The minimum atomic E-state index is -3.38. The van der Waals surface area contributed by atoms with Crippen LogP contribution in [0.3, 0.4) is 0 Å². The van der Waals surface area contributed by atoms with Crippen LogP contribution in [0.1, 0.15) is 33.1 Å². The molecule has 5 nitrogen and oxygen atoms in total. The fraction of sp³-hybridized carbons (Fsp3) is 1.00. The number of rotatable bonds is 3. The van der Waals surface area contributed by atoms with E-state index < -0.39 is 10.2 Å². The number of aliphatic hydroxyl groups is 1. The number of hydrogen-bond donors (Lipinski definition) is 1. The molecular weight excluding hydrogens is 252 g/mol. The SMILES string of the molecule is CC1CC(C)CN(S(=O)(=O)N2CCC[C@@H]2CO)C1. The molecule has 0 aromatic rings. The summed E-state index contributed by atoms with van der Waals surface area (Å²) in [4.78, 5) is 0. The summed E-state index contributed by atoms with van der Waals surface area (Å²) in [6.07, 6.45) is 2.72. The maximum atomic E-state index is 12.6. The zero-order chi connectivity index (χ0) is 13.3. The first-order valence-electron chi connectivity index (χ1n) is 6.83. The van der Waals surface area contributed by atoms with Crippen molar-refractivity contribution in [2.24, 2.45) is 11.8 Å². The molecule has 0 aromatic heterocycles. The Bertz CT molecular complexity index is 375. The molecule has 1 N–H and O–H groups in total. The summed E-state index contributed by atoms with van der Waals surface area (Å²) in [7, 11) is -3.38. The minimum Gasteiger partial charge on any atom is -0.395 e. The van der Waals surface area contributed by atoms with E-state index in [4.69, 9.17) is 0 Å². The average molecular weight is 276 g/mol. The van der Waals surface area contributed by atoms with Crippen LogP contribution < -0.4 is 0 Å². The normalized spacial score (nSPS) is 36.1. The quantitative estimate of drug-likeness (QED) is 0.824. The average Bonchev–Trinajstić information content (AvgIpc) is 2.76. The van der Waals surface area contributed by atoms with Crippen molar-refractivity contribution in [3.05, 3.63) is 0 Å². The molecule has 2 heterocycles. The Labute approximate surface area is 110 Å². The molecule has 2 unspecified atom stereocenters. The Morgan fingerprint density at radius 3 is 2.39 bits per heavy atom. The van der Waals surface area contributed by atoms with Crippen molar-refractivity contribution in [3.8, 4) is 0 Å². The van der Waals surface area contributed by atoms with Crippen LogP contribution in [0.4, 0.5) is 0 Å². The highest BCUT2D eigenvalue weighted by molar-refractivity contribution is 7.86. The van der Waals surface area contributed by atoms with E-state index in [1.54, 1.807) is 4.31 Å². The van der Waals surface area contributed by atoms with Gasteiger partial charge in [0, 0.05) is 25.7 Å². The van der Waals surface area contributed by atoms with Crippen LogP contribution >= 0.6 is 0 Å². The third kappa shape index (κ3) is 2.71. The molecule has 2 fully saturated rings. The molecule has 0 aromatic carbocycles. The fourth-order valence-corrected chi connectivity index (χ4v) is 5.33. The zero-order valence-corrected chi connectivity index (χ0v) is 12.1. The first-order valence-corrected chi connectivity index (χ1v) is 8.22.